The highest BCUT2D eigenvalue weighted by Crippen LogP contribution is 2.23. The molecule has 0 aliphatic heterocycles. The van der Waals surface area contributed by atoms with Gasteiger partial charge in [0.05, 0.1) is 38.9 Å². The molecule has 0 aliphatic rings. The van der Waals surface area contributed by atoms with Gasteiger partial charge in [-0.25, -0.2) is 10.5 Å². The molecular formula is C22H23N3O5. The standard InChI is InChI=1S/C22H23N3O5/c1-4-29-17-7-5-16(6-8-17)20-12-23-13-21(24-20)22(26)25-30-14-15-9-18(27-2)11-19(10-15)28-3/h5-13H,4,14H2,1-3H3,(H,25,26). The third-order valence-electron chi connectivity index (χ3n) is 4.14. The van der Waals surface area contributed by atoms with Crippen molar-refractivity contribution >= 4 is 5.91 Å². The van der Waals surface area contributed by atoms with Gasteiger partial charge in [0, 0.05) is 11.6 Å². The molecule has 30 heavy (non-hydrogen) atoms. The molecule has 0 saturated carbocycles. The summed E-state index contributed by atoms with van der Waals surface area (Å²) in [6.07, 6.45) is 2.97. The first-order chi connectivity index (χ1) is 14.6. The summed E-state index contributed by atoms with van der Waals surface area (Å²) < 4.78 is 15.9. The maximum absolute atomic E-state index is 12.4. The van der Waals surface area contributed by atoms with Gasteiger partial charge in [0.2, 0.25) is 0 Å². The predicted molar refractivity (Wildman–Crippen MR) is 110 cm³/mol. The molecule has 0 bridgehead atoms. The molecule has 0 fully saturated rings. The Morgan fingerprint density at radius 2 is 1.67 bits per heavy atom. The van der Waals surface area contributed by atoms with Crippen LogP contribution in [0.5, 0.6) is 17.2 Å². The number of nitrogens with zero attached hydrogens (tertiary/aromatic N) is 2. The second-order valence-corrected chi connectivity index (χ2v) is 6.19. The van der Waals surface area contributed by atoms with E-state index in [1.54, 1.807) is 38.6 Å². The topological polar surface area (TPSA) is 91.8 Å². The quantitative estimate of drug-likeness (QED) is 0.542. The monoisotopic (exact) mass is 409 g/mol. The zero-order valence-corrected chi connectivity index (χ0v) is 17.0. The zero-order valence-electron chi connectivity index (χ0n) is 17.0. The molecule has 156 valence electrons. The van der Waals surface area contributed by atoms with Gasteiger partial charge >= 0.3 is 0 Å². The average molecular weight is 409 g/mol. The molecule has 1 aromatic heterocycles. The number of ether oxygens (including phenoxy) is 3. The number of hydroxylamine groups is 1. The van der Waals surface area contributed by atoms with E-state index in [0.717, 1.165) is 16.9 Å². The lowest BCUT2D eigenvalue weighted by atomic mass is 10.1. The van der Waals surface area contributed by atoms with Gasteiger partial charge in [-0.2, -0.15) is 0 Å². The van der Waals surface area contributed by atoms with Crippen molar-refractivity contribution in [3.05, 3.63) is 66.1 Å². The molecule has 0 spiro atoms. The van der Waals surface area contributed by atoms with E-state index >= 15 is 0 Å². The van der Waals surface area contributed by atoms with Crippen LogP contribution in [0.2, 0.25) is 0 Å². The highest BCUT2D eigenvalue weighted by Gasteiger charge is 2.11. The number of benzene rings is 2. The van der Waals surface area contributed by atoms with Crippen molar-refractivity contribution in [2.45, 2.75) is 13.5 Å². The Morgan fingerprint density at radius 1 is 0.967 bits per heavy atom. The van der Waals surface area contributed by atoms with Gasteiger partial charge in [-0.1, -0.05) is 0 Å². The number of nitrogens with one attached hydrogen (secondary N) is 1. The largest absolute Gasteiger partial charge is 0.497 e. The molecule has 1 N–H and O–H groups in total. The van der Waals surface area contributed by atoms with Crippen LogP contribution in [0.4, 0.5) is 0 Å². The van der Waals surface area contributed by atoms with E-state index in [1.807, 2.05) is 31.2 Å². The Hall–Kier alpha value is -3.65. The van der Waals surface area contributed by atoms with Crippen molar-refractivity contribution in [2.24, 2.45) is 0 Å². The summed E-state index contributed by atoms with van der Waals surface area (Å²) in [4.78, 5) is 26.2. The van der Waals surface area contributed by atoms with Crippen LogP contribution in [0.1, 0.15) is 23.0 Å². The van der Waals surface area contributed by atoms with Crippen molar-refractivity contribution in [3.8, 4) is 28.5 Å². The van der Waals surface area contributed by atoms with Crippen LogP contribution >= 0.6 is 0 Å². The van der Waals surface area contributed by atoms with Crippen LogP contribution < -0.4 is 19.7 Å². The highest BCUT2D eigenvalue weighted by molar-refractivity contribution is 5.91. The fourth-order valence-electron chi connectivity index (χ4n) is 2.69. The molecule has 3 rings (SSSR count). The minimum Gasteiger partial charge on any atom is -0.497 e. The van der Waals surface area contributed by atoms with Gasteiger partial charge in [0.25, 0.3) is 5.91 Å². The third-order valence-corrected chi connectivity index (χ3v) is 4.14. The molecule has 1 amide bonds. The van der Waals surface area contributed by atoms with Gasteiger partial charge < -0.3 is 14.2 Å². The number of hydrogen-bond acceptors (Lipinski definition) is 7. The minimum absolute atomic E-state index is 0.130. The van der Waals surface area contributed by atoms with E-state index in [-0.39, 0.29) is 12.3 Å². The number of methoxy groups -OCH3 is 2. The van der Waals surface area contributed by atoms with E-state index in [4.69, 9.17) is 19.0 Å². The number of hydrogen-bond donors (Lipinski definition) is 1. The molecule has 8 nitrogen and oxygen atoms in total. The summed E-state index contributed by atoms with van der Waals surface area (Å²) in [5.41, 5.74) is 4.70. The van der Waals surface area contributed by atoms with Gasteiger partial charge in [-0.05, 0) is 48.9 Å². The Balaban J connectivity index is 1.63. The summed E-state index contributed by atoms with van der Waals surface area (Å²) in [5, 5.41) is 0. The van der Waals surface area contributed by atoms with Crippen molar-refractivity contribution < 1.29 is 23.8 Å². The third kappa shape index (κ3) is 5.45. The van der Waals surface area contributed by atoms with Gasteiger partial charge in [-0.15, -0.1) is 0 Å². The second kappa shape index (κ2) is 10.2. The van der Waals surface area contributed by atoms with Gasteiger partial charge in [0.15, 0.2) is 0 Å². The summed E-state index contributed by atoms with van der Waals surface area (Å²) in [6, 6.07) is 12.8. The Morgan fingerprint density at radius 3 is 2.30 bits per heavy atom. The van der Waals surface area contributed by atoms with Crippen LogP contribution in [0.15, 0.2) is 54.9 Å². The molecule has 0 unspecified atom stereocenters. The van der Waals surface area contributed by atoms with E-state index < -0.39 is 5.91 Å². The molecule has 0 atom stereocenters. The highest BCUT2D eigenvalue weighted by atomic mass is 16.6. The summed E-state index contributed by atoms with van der Waals surface area (Å²) in [5.74, 6) is 1.54. The Bertz CT molecular complexity index is 970. The van der Waals surface area contributed by atoms with Crippen LogP contribution in [0.25, 0.3) is 11.3 Å². The smallest absolute Gasteiger partial charge is 0.295 e. The number of rotatable bonds is 9. The van der Waals surface area contributed by atoms with E-state index in [2.05, 4.69) is 15.4 Å². The number of carbonyl (C=O) groups excluding carboxylic acids is 1. The molecule has 8 heteroatoms. The van der Waals surface area contributed by atoms with E-state index in [1.165, 1.54) is 6.20 Å². The number of carbonyl (C=O) groups is 1. The van der Waals surface area contributed by atoms with Crippen LogP contribution in [0.3, 0.4) is 0 Å². The zero-order chi connectivity index (χ0) is 21.3. The van der Waals surface area contributed by atoms with Crippen molar-refractivity contribution in [3.63, 3.8) is 0 Å². The molecule has 0 radical (unpaired) electrons. The Kier molecular flexibility index (Phi) is 7.18. The molecule has 0 saturated heterocycles. The van der Waals surface area contributed by atoms with Crippen LogP contribution in [0, 0.1) is 0 Å². The summed E-state index contributed by atoms with van der Waals surface area (Å²) in [6.45, 7) is 2.65. The number of aromatic nitrogens is 2. The maximum atomic E-state index is 12.4. The molecule has 0 aliphatic carbocycles. The lowest BCUT2D eigenvalue weighted by Crippen LogP contribution is -2.24. The van der Waals surface area contributed by atoms with Crippen LogP contribution in [-0.2, 0) is 11.4 Å². The fraction of sp³-hybridized carbons (Fsp3) is 0.227. The second-order valence-electron chi connectivity index (χ2n) is 6.19. The van der Waals surface area contributed by atoms with Crippen molar-refractivity contribution in [2.75, 3.05) is 20.8 Å². The summed E-state index contributed by atoms with van der Waals surface area (Å²) >= 11 is 0. The fourth-order valence-corrected chi connectivity index (χ4v) is 2.69. The first kappa shape index (κ1) is 21.1. The first-order valence-corrected chi connectivity index (χ1v) is 9.32. The molecular weight excluding hydrogens is 386 g/mol. The SMILES string of the molecule is CCOc1ccc(-c2cncc(C(=O)NOCc3cc(OC)cc(OC)c3)n2)cc1. The van der Waals surface area contributed by atoms with Gasteiger partial charge in [-0.3, -0.25) is 14.6 Å². The average Bonchev–Trinajstić information content (AvgIpc) is 2.79. The first-order valence-electron chi connectivity index (χ1n) is 9.32. The van der Waals surface area contributed by atoms with Gasteiger partial charge in [0.1, 0.15) is 29.5 Å². The maximum Gasteiger partial charge on any atom is 0.295 e. The van der Waals surface area contributed by atoms with E-state index in [9.17, 15) is 4.79 Å². The lowest BCUT2D eigenvalue weighted by molar-refractivity contribution is 0.0228. The van der Waals surface area contributed by atoms with Crippen LogP contribution in [-0.4, -0.2) is 36.7 Å². The number of amides is 1. The van der Waals surface area contributed by atoms with Crippen molar-refractivity contribution in [1.29, 1.82) is 0 Å². The molecule has 3 aromatic rings. The van der Waals surface area contributed by atoms with Crippen molar-refractivity contribution in [1.82, 2.24) is 15.4 Å². The predicted octanol–water partition coefficient (Wildman–Crippen LogP) is 3.42. The Labute approximate surface area is 174 Å². The molecule has 2 aromatic carbocycles. The lowest BCUT2D eigenvalue weighted by Gasteiger charge is -2.10. The minimum atomic E-state index is -0.495. The summed E-state index contributed by atoms with van der Waals surface area (Å²) in [7, 11) is 3.13. The normalized spacial score (nSPS) is 10.4. The molecule has 1 heterocycles. The van der Waals surface area contributed by atoms with E-state index in [0.29, 0.717) is 23.8 Å².